The number of halogens is 1. The lowest BCUT2D eigenvalue weighted by atomic mass is 9.90. The zero-order valence-electron chi connectivity index (χ0n) is 22.9. The van der Waals surface area contributed by atoms with Crippen LogP contribution in [-0.4, -0.2) is 47.8 Å². The van der Waals surface area contributed by atoms with Gasteiger partial charge in [0.25, 0.3) is 0 Å². The maximum atomic E-state index is 14.9. The number of hydrogen-bond acceptors (Lipinski definition) is 7. The standard InChI is InChI=1S/C31H36FN7O/c1-21-4-2-3-13-39-30(21)26(17-35-39)29-27(32)18-34-31(37-29)36-28-10-9-25(16-33-28)24-11-14-38(15-12-24)19-22-5-7-23(20-40)8-6-22/h5-10,16-18,21,24,40H,2-4,11-15,19-20H2,1H3,(H,33,34,36,37)/t21-/m1/s1. The first-order valence-corrected chi connectivity index (χ1v) is 14.3. The van der Waals surface area contributed by atoms with Crippen molar-refractivity contribution in [2.75, 3.05) is 18.4 Å². The highest BCUT2D eigenvalue weighted by molar-refractivity contribution is 5.64. The summed E-state index contributed by atoms with van der Waals surface area (Å²) in [6.07, 6.45) is 10.3. The minimum absolute atomic E-state index is 0.0819. The van der Waals surface area contributed by atoms with Crippen LogP contribution in [0.2, 0.25) is 0 Å². The zero-order chi connectivity index (χ0) is 27.5. The number of rotatable bonds is 7. The van der Waals surface area contributed by atoms with Gasteiger partial charge >= 0.3 is 0 Å². The van der Waals surface area contributed by atoms with Gasteiger partial charge in [-0.25, -0.2) is 19.3 Å². The van der Waals surface area contributed by atoms with E-state index in [-0.39, 0.29) is 12.3 Å². The van der Waals surface area contributed by atoms with E-state index in [0.29, 0.717) is 23.6 Å². The molecule has 0 bridgehead atoms. The topological polar surface area (TPSA) is 92.0 Å². The number of nitrogens with zero attached hydrogens (tertiary/aromatic N) is 6. The van der Waals surface area contributed by atoms with Gasteiger partial charge in [0.05, 0.1) is 24.7 Å². The summed E-state index contributed by atoms with van der Waals surface area (Å²) in [5.41, 5.74) is 5.52. The normalized spacial score (nSPS) is 18.3. The van der Waals surface area contributed by atoms with Crippen LogP contribution in [0.4, 0.5) is 16.2 Å². The van der Waals surface area contributed by atoms with Crippen LogP contribution in [0.1, 0.15) is 73.2 Å². The number of anilines is 2. The molecule has 0 radical (unpaired) electrons. The fraction of sp³-hybridized carbons (Fsp3) is 0.419. The number of aliphatic hydroxyl groups is 1. The van der Waals surface area contributed by atoms with Crippen molar-refractivity contribution < 1.29 is 9.50 Å². The van der Waals surface area contributed by atoms with E-state index in [9.17, 15) is 9.50 Å². The minimum Gasteiger partial charge on any atom is -0.392 e. The molecule has 4 aromatic rings. The third-order valence-corrected chi connectivity index (χ3v) is 8.30. The van der Waals surface area contributed by atoms with Crippen molar-refractivity contribution in [3.63, 3.8) is 0 Å². The van der Waals surface area contributed by atoms with Gasteiger partial charge in [-0.3, -0.25) is 9.58 Å². The third-order valence-electron chi connectivity index (χ3n) is 8.30. The lowest BCUT2D eigenvalue weighted by Crippen LogP contribution is -2.32. The second kappa shape index (κ2) is 11.8. The second-order valence-electron chi connectivity index (χ2n) is 11.1. The van der Waals surface area contributed by atoms with Gasteiger partial charge in [-0.2, -0.15) is 5.10 Å². The molecule has 5 heterocycles. The summed E-state index contributed by atoms with van der Waals surface area (Å²) in [6.45, 7) is 6.12. The van der Waals surface area contributed by atoms with Crippen molar-refractivity contribution in [1.29, 1.82) is 0 Å². The van der Waals surface area contributed by atoms with Gasteiger partial charge in [0.2, 0.25) is 5.95 Å². The molecule has 2 aliphatic heterocycles. The van der Waals surface area contributed by atoms with Crippen LogP contribution in [0.3, 0.4) is 0 Å². The molecule has 8 nitrogen and oxygen atoms in total. The Morgan fingerprint density at radius 1 is 0.925 bits per heavy atom. The molecular weight excluding hydrogens is 505 g/mol. The molecule has 1 atom stereocenters. The molecule has 1 aromatic carbocycles. The van der Waals surface area contributed by atoms with E-state index < -0.39 is 5.82 Å². The van der Waals surface area contributed by atoms with E-state index in [1.165, 1.54) is 17.3 Å². The first-order valence-electron chi connectivity index (χ1n) is 14.3. The molecule has 3 aromatic heterocycles. The minimum atomic E-state index is -0.449. The fourth-order valence-electron chi connectivity index (χ4n) is 6.01. The van der Waals surface area contributed by atoms with Crippen molar-refractivity contribution in [2.45, 2.75) is 70.6 Å². The number of piperidine rings is 1. The van der Waals surface area contributed by atoms with Gasteiger partial charge in [0.1, 0.15) is 11.5 Å². The van der Waals surface area contributed by atoms with Crippen LogP contribution in [0.25, 0.3) is 11.3 Å². The first-order chi connectivity index (χ1) is 19.6. The molecule has 0 spiro atoms. The van der Waals surface area contributed by atoms with Gasteiger partial charge < -0.3 is 10.4 Å². The molecule has 2 N–H and O–H groups in total. The van der Waals surface area contributed by atoms with E-state index in [0.717, 1.165) is 75.1 Å². The van der Waals surface area contributed by atoms with Gasteiger partial charge in [-0.15, -0.1) is 0 Å². The molecule has 0 aliphatic carbocycles. The number of aliphatic hydroxyl groups excluding tert-OH is 1. The molecule has 0 unspecified atom stereocenters. The number of aromatic nitrogens is 5. The molecule has 0 amide bonds. The molecular formula is C31H36FN7O. The predicted molar refractivity (Wildman–Crippen MR) is 153 cm³/mol. The lowest BCUT2D eigenvalue weighted by Gasteiger charge is -2.32. The van der Waals surface area contributed by atoms with E-state index in [1.54, 1.807) is 6.20 Å². The zero-order valence-corrected chi connectivity index (χ0v) is 22.9. The molecule has 6 rings (SSSR count). The van der Waals surface area contributed by atoms with E-state index >= 15 is 0 Å². The van der Waals surface area contributed by atoms with Crippen LogP contribution < -0.4 is 5.32 Å². The Morgan fingerprint density at radius 3 is 2.48 bits per heavy atom. The van der Waals surface area contributed by atoms with Gasteiger partial charge in [-0.05, 0) is 73.4 Å². The summed E-state index contributed by atoms with van der Waals surface area (Å²) < 4.78 is 16.9. The third kappa shape index (κ3) is 5.76. The molecule has 1 saturated heterocycles. The summed E-state index contributed by atoms with van der Waals surface area (Å²) in [7, 11) is 0. The summed E-state index contributed by atoms with van der Waals surface area (Å²) in [5, 5.41) is 16.9. The SMILES string of the molecule is C[C@@H]1CCCCn2ncc(-c3nc(Nc4ccc(C5CCN(Cc6ccc(CO)cc6)CC5)cn4)ncc3F)c21. The van der Waals surface area contributed by atoms with Crippen LogP contribution in [0.5, 0.6) is 0 Å². The Bertz CT molecular complexity index is 1430. The van der Waals surface area contributed by atoms with E-state index in [2.05, 4.69) is 55.4 Å². The highest BCUT2D eigenvalue weighted by atomic mass is 19.1. The fourth-order valence-corrected chi connectivity index (χ4v) is 6.01. The quantitative estimate of drug-likeness (QED) is 0.307. The summed E-state index contributed by atoms with van der Waals surface area (Å²) in [5.74, 6) is 1.27. The monoisotopic (exact) mass is 541 g/mol. The van der Waals surface area contributed by atoms with Crippen molar-refractivity contribution >= 4 is 11.8 Å². The molecule has 1 fully saturated rings. The maximum Gasteiger partial charge on any atom is 0.229 e. The van der Waals surface area contributed by atoms with Gasteiger partial charge in [-0.1, -0.05) is 43.7 Å². The van der Waals surface area contributed by atoms with Crippen molar-refractivity contribution in [3.8, 4) is 11.3 Å². The number of aryl methyl sites for hydroxylation is 1. The number of benzene rings is 1. The number of hydrogen-bond donors (Lipinski definition) is 2. The predicted octanol–water partition coefficient (Wildman–Crippen LogP) is 5.78. The lowest BCUT2D eigenvalue weighted by molar-refractivity contribution is 0.204. The maximum absolute atomic E-state index is 14.9. The smallest absolute Gasteiger partial charge is 0.229 e. The highest BCUT2D eigenvalue weighted by Crippen LogP contribution is 2.35. The van der Waals surface area contributed by atoms with E-state index in [4.69, 9.17) is 0 Å². The Kier molecular flexibility index (Phi) is 7.84. The summed E-state index contributed by atoms with van der Waals surface area (Å²) >= 11 is 0. The molecule has 0 saturated carbocycles. The van der Waals surface area contributed by atoms with Crippen LogP contribution in [0, 0.1) is 5.82 Å². The number of pyridine rings is 1. The Morgan fingerprint density at radius 2 is 1.73 bits per heavy atom. The Balaban J connectivity index is 1.09. The molecule has 208 valence electrons. The molecule has 40 heavy (non-hydrogen) atoms. The van der Waals surface area contributed by atoms with Crippen molar-refractivity contribution in [3.05, 3.63) is 83.2 Å². The largest absolute Gasteiger partial charge is 0.392 e. The summed E-state index contributed by atoms with van der Waals surface area (Å²) in [6, 6.07) is 12.3. The average molecular weight is 542 g/mol. The highest BCUT2D eigenvalue weighted by Gasteiger charge is 2.24. The van der Waals surface area contributed by atoms with Gasteiger partial charge in [0.15, 0.2) is 5.82 Å². The molecule has 9 heteroatoms. The first kappa shape index (κ1) is 26.5. The number of fused-ring (bicyclic) bond motifs is 1. The van der Waals surface area contributed by atoms with Crippen LogP contribution >= 0.6 is 0 Å². The number of nitrogens with one attached hydrogen (secondary N) is 1. The van der Waals surface area contributed by atoms with Crippen LogP contribution in [0.15, 0.2) is 55.0 Å². The Labute approximate surface area is 234 Å². The summed E-state index contributed by atoms with van der Waals surface area (Å²) in [4.78, 5) is 15.8. The van der Waals surface area contributed by atoms with Gasteiger partial charge in [0, 0.05) is 24.8 Å². The van der Waals surface area contributed by atoms with Crippen LogP contribution in [-0.2, 0) is 19.7 Å². The van der Waals surface area contributed by atoms with Crippen molar-refractivity contribution in [2.24, 2.45) is 0 Å². The number of likely N-dealkylation sites (tertiary alicyclic amines) is 1. The average Bonchev–Trinajstić information content (AvgIpc) is 3.32. The van der Waals surface area contributed by atoms with E-state index in [1.807, 2.05) is 29.1 Å². The Hall–Kier alpha value is -3.69. The second-order valence-corrected chi connectivity index (χ2v) is 11.1. The molecule has 2 aliphatic rings. The van der Waals surface area contributed by atoms with Crippen molar-refractivity contribution in [1.82, 2.24) is 29.6 Å².